The first-order chi connectivity index (χ1) is 16.8. The number of ketones is 2. The number of unbranched alkanes of at least 4 members (excludes halogenated alkanes) is 4. The smallest absolute Gasteiger partial charge is 0.161 e. The van der Waals surface area contributed by atoms with Crippen LogP contribution in [0.15, 0.2) is 0 Å². The minimum Gasteiger partial charge on any atom is -0.374 e. The normalized spacial score (nSPS) is 12.0. The average Bonchev–Trinajstić information content (AvgIpc) is 2.83. The Kier molecular flexibility index (Phi) is 28.8. The van der Waals surface area contributed by atoms with Crippen LogP contribution in [0.2, 0.25) is 0 Å². The second-order valence-electron chi connectivity index (χ2n) is 10.3. The van der Waals surface area contributed by atoms with Crippen molar-refractivity contribution in [2.45, 2.75) is 106 Å². The predicted octanol–water partition coefficient (Wildman–Crippen LogP) is 5.82. The van der Waals surface area contributed by atoms with Crippen molar-refractivity contribution in [1.82, 2.24) is 10.6 Å². The Labute approximate surface area is 218 Å². The largest absolute Gasteiger partial charge is 0.374 e. The van der Waals surface area contributed by atoms with Gasteiger partial charge in [0.1, 0.15) is 13.2 Å². The average molecular weight is 501 g/mol. The van der Waals surface area contributed by atoms with Crippen LogP contribution in [-0.2, 0) is 19.1 Å². The van der Waals surface area contributed by atoms with Crippen LogP contribution < -0.4 is 10.6 Å². The van der Waals surface area contributed by atoms with Gasteiger partial charge in [0.05, 0.1) is 0 Å². The molecule has 0 spiro atoms. The van der Waals surface area contributed by atoms with Crippen LogP contribution in [0.4, 0.5) is 0 Å². The Balaban J connectivity index is 0. The summed E-state index contributed by atoms with van der Waals surface area (Å²) in [5, 5.41) is 6.82. The summed E-state index contributed by atoms with van der Waals surface area (Å²) in [6.45, 7) is 20.9. The number of ether oxygens (including phenoxy) is 2. The number of hydrogen-bond donors (Lipinski definition) is 2. The molecule has 0 radical (unpaired) electrons. The highest BCUT2D eigenvalue weighted by Gasteiger charge is 2.09. The number of carbonyl (C=O) groups excluding carboxylic acids is 2. The molecule has 0 aromatic heterocycles. The monoisotopic (exact) mass is 500 g/mol. The van der Waals surface area contributed by atoms with Crippen molar-refractivity contribution < 1.29 is 19.1 Å². The fourth-order valence-electron chi connectivity index (χ4n) is 2.96. The molecule has 1 atom stereocenters. The molecule has 1 unspecified atom stereocenters. The standard InChI is InChI=1S/C15H31NO2.C14H29NO2/c1-13(2)8-10-16-9-6-5-7-11-18-12-15(17)14(3)4;1-4-9-15-10-7-6-8-11-17-12-14(16)13(3)5-2/h13-14,16H,5-12H2,1-4H3;13,15H,4-12H2,1-3H3. The third kappa shape index (κ3) is 29.3. The van der Waals surface area contributed by atoms with Gasteiger partial charge in [0, 0.05) is 25.0 Å². The molecule has 0 amide bonds. The topological polar surface area (TPSA) is 76.7 Å². The molecule has 0 heterocycles. The molecule has 0 aromatic rings. The molecule has 0 saturated heterocycles. The number of hydrogen-bond acceptors (Lipinski definition) is 6. The number of rotatable bonds is 24. The SMILES string of the molecule is CC(C)CCNCCCCCOCC(=O)C(C)C.CCCNCCCCCOCC(=O)C(C)CC. The lowest BCUT2D eigenvalue weighted by atomic mass is 10.1. The van der Waals surface area contributed by atoms with E-state index in [0.29, 0.717) is 13.2 Å². The minimum atomic E-state index is 0.0927. The predicted molar refractivity (Wildman–Crippen MR) is 149 cm³/mol. The first kappa shape index (κ1) is 36.3. The van der Waals surface area contributed by atoms with Crippen LogP contribution in [0.3, 0.4) is 0 Å². The van der Waals surface area contributed by atoms with Crippen LogP contribution in [0.1, 0.15) is 106 Å². The van der Waals surface area contributed by atoms with E-state index in [2.05, 4.69) is 31.4 Å². The number of carbonyl (C=O) groups is 2. The van der Waals surface area contributed by atoms with E-state index in [-0.39, 0.29) is 30.0 Å². The highest BCUT2D eigenvalue weighted by molar-refractivity contribution is 5.82. The third-order valence-electron chi connectivity index (χ3n) is 5.90. The third-order valence-corrected chi connectivity index (χ3v) is 5.90. The second-order valence-corrected chi connectivity index (χ2v) is 10.3. The minimum absolute atomic E-state index is 0.0927. The lowest BCUT2D eigenvalue weighted by Gasteiger charge is -2.08. The van der Waals surface area contributed by atoms with Crippen molar-refractivity contribution in [1.29, 1.82) is 0 Å². The fraction of sp³-hybridized carbons (Fsp3) is 0.931. The zero-order valence-electron chi connectivity index (χ0n) is 24.4. The molecular formula is C29H60N2O4. The molecule has 2 N–H and O–H groups in total. The van der Waals surface area contributed by atoms with Crippen molar-refractivity contribution in [2.24, 2.45) is 17.8 Å². The summed E-state index contributed by atoms with van der Waals surface area (Å²) in [6.07, 6.45) is 10.2. The van der Waals surface area contributed by atoms with Gasteiger partial charge in [-0.25, -0.2) is 0 Å². The summed E-state index contributed by atoms with van der Waals surface area (Å²) in [4.78, 5) is 22.7. The van der Waals surface area contributed by atoms with E-state index < -0.39 is 0 Å². The molecule has 0 bridgehead atoms. The Morgan fingerprint density at radius 1 is 0.657 bits per heavy atom. The number of Topliss-reactive ketones (excluding diaryl/α,β-unsaturated/α-hetero) is 2. The molecule has 0 aliphatic heterocycles. The molecule has 6 nitrogen and oxygen atoms in total. The molecule has 210 valence electrons. The zero-order valence-corrected chi connectivity index (χ0v) is 24.4. The van der Waals surface area contributed by atoms with E-state index in [9.17, 15) is 9.59 Å². The molecular weight excluding hydrogens is 440 g/mol. The summed E-state index contributed by atoms with van der Waals surface area (Å²) in [5.41, 5.74) is 0. The highest BCUT2D eigenvalue weighted by atomic mass is 16.5. The Morgan fingerprint density at radius 3 is 1.63 bits per heavy atom. The lowest BCUT2D eigenvalue weighted by molar-refractivity contribution is -0.127. The first-order valence-corrected chi connectivity index (χ1v) is 14.4. The number of nitrogens with one attached hydrogen (secondary N) is 2. The summed E-state index contributed by atoms with van der Waals surface area (Å²) in [7, 11) is 0. The van der Waals surface area contributed by atoms with Crippen molar-refractivity contribution in [2.75, 3.05) is 52.6 Å². The Hall–Kier alpha value is -0.820. The van der Waals surface area contributed by atoms with Gasteiger partial charge in [0.2, 0.25) is 0 Å². The van der Waals surface area contributed by atoms with E-state index in [1.165, 1.54) is 38.5 Å². The highest BCUT2D eigenvalue weighted by Crippen LogP contribution is 2.03. The fourth-order valence-corrected chi connectivity index (χ4v) is 2.96. The van der Waals surface area contributed by atoms with Crippen molar-refractivity contribution in [3.63, 3.8) is 0 Å². The molecule has 35 heavy (non-hydrogen) atoms. The molecule has 0 aliphatic carbocycles. The Morgan fingerprint density at radius 2 is 1.17 bits per heavy atom. The van der Waals surface area contributed by atoms with Crippen molar-refractivity contribution in [3.8, 4) is 0 Å². The summed E-state index contributed by atoms with van der Waals surface area (Å²) < 4.78 is 10.7. The van der Waals surface area contributed by atoms with E-state index in [4.69, 9.17) is 9.47 Å². The van der Waals surface area contributed by atoms with Crippen LogP contribution >= 0.6 is 0 Å². The van der Waals surface area contributed by atoms with Crippen LogP contribution in [0.25, 0.3) is 0 Å². The van der Waals surface area contributed by atoms with Gasteiger partial charge < -0.3 is 20.1 Å². The second kappa shape index (κ2) is 27.8. The van der Waals surface area contributed by atoms with Gasteiger partial charge in [0.25, 0.3) is 0 Å². The van der Waals surface area contributed by atoms with Crippen molar-refractivity contribution >= 4 is 11.6 Å². The van der Waals surface area contributed by atoms with Gasteiger partial charge in [-0.05, 0) is 89.9 Å². The Bertz CT molecular complexity index is 470. The lowest BCUT2D eigenvalue weighted by Crippen LogP contribution is -2.18. The summed E-state index contributed by atoms with van der Waals surface area (Å²) in [5.74, 6) is 1.45. The zero-order chi connectivity index (χ0) is 26.7. The van der Waals surface area contributed by atoms with E-state index in [0.717, 1.165) is 58.0 Å². The van der Waals surface area contributed by atoms with Gasteiger partial charge in [-0.1, -0.05) is 48.5 Å². The summed E-state index contributed by atoms with van der Waals surface area (Å²) in [6, 6.07) is 0. The summed E-state index contributed by atoms with van der Waals surface area (Å²) >= 11 is 0. The van der Waals surface area contributed by atoms with Crippen molar-refractivity contribution in [3.05, 3.63) is 0 Å². The molecule has 6 heteroatoms. The van der Waals surface area contributed by atoms with E-state index in [1.807, 2.05) is 27.7 Å². The van der Waals surface area contributed by atoms with Crippen LogP contribution in [-0.4, -0.2) is 64.2 Å². The quantitative estimate of drug-likeness (QED) is 0.163. The van der Waals surface area contributed by atoms with Crippen LogP contribution in [0, 0.1) is 17.8 Å². The van der Waals surface area contributed by atoms with Gasteiger partial charge in [0.15, 0.2) is 11.6 Å². The first-order valence-electron chi connectivity index (χ1n) is 14.4. The van der Waals surface area contributed by atoms with Crippen LogP contribution in [0.5, 0.6) is 0 Å². The maximum absolute atomic E-state index is 11.4. The van der Waals surface area contributed by atoms with Gasteiger partial charge in [-0.15, -0.1) is 0 Å². The molecule has 0 rings (SSSR count). The van der Waals surface area contributed by atoms with Gasteiger partial charge in [-0.3, -0.25) is 9.59 Å². The maximum atomic E-state index is 11.4. The molecule has 0 aliphatic rings. The van der Waals surface area contributed by atoms with Gasteiger partial charge in [-0.2, -0.15) is 0 Å². The van der Waals surface area contributed by atoms with E-state index >= 15 is 0 Å². The molecule has 0 saturated carbocycles. The molecule has 0 aromatic carbocycles. The van der Waals surface area contributed by atoms with Gasteiger partial charge >= 0.3 is 0 Å². The molecule has 0 fully saturated rings. The van der Waals surface area contributed by atoms with E-state index in [1.54, 1.807) is 0 Å². The maximum Gasteiger partial charge on any atom is 0.161 e.